The van der Waals surface area contributed by atoms with Crippen LogP contribution in [0.1, 0.15) is 63.3 Å². The molecule has 6 heteroatoms. The SMILES string of the molecule is CC(C)c1nnc2c(NCc3ccccc3)cc(NCC3CCCCC3)nn12. The number of fused-ring (bicyclic) bond motifs is 1. The summed E-state index contributed by atoms with van der Waals surface area (Å²) in [6, 6.07) is 12.5. The van der Waals surface area contributed by atoms with Crippen molar-refractivity contribution in [2.45, 2.75) is 58.4 Å². The minimum absolute atomic E-state index is 0.262. The Hall–Kier alpha value is -2.63. The second kappa shape index (κ2) is 8.59. The third kappa shape index (κ3) is 4.26. The fourth-order valence-electron chi connectivity index (χ4n) is 3.91. The lowest BCUT2D eigenvalue weighted by Crippen LogP contribution is -2.18. The van der Waals surface area contributed by atoms with E-state index in [-0.39, 0.29) is 5.92 Å². The number of aromatic nitrogens is 4. The number of benzene rings is 1. The molecular formula is C22H30N6. The van der Waals surface area contributed by atoms with Crippen LogP contribution in [0.4, 0.5) is 11.5 Å². The van der Waals surface area contributed by atoms with E-state index < -0.39 is 0 Å². The quantitative estimate of drug-likeness (QED) is 0.615. The van der Waals surface area contributed by atoms with Gasteiger partial charge in [0, 0.05) is 25.1 Å². The topological polar surface area (TPSA) is 67.1 Å². The molecule has 148 valence electrons. The lowest BCUT2D eigenvalue weighted by molar-refractivity contribution is 0.373. The molecule has 1 aromatic carbocycles. The highest BCUT2D eigenvalue weighted by molar-refractivity contribution is 5.70. The maximum absolute atomic E-state index is 4.80. The first-order valence-corrected chi connectivity index (χ1v) is 10.5. The van der Waals surface area contributed by atoms with Crippen LogP contribution in [0.25, 0.3) is 5.65 Å². The van der Waals surface area contributed by atoms with Crippen LogP contribution in [-0.2, 0) is 6.54 Å². The van der Waals surface area contributed by atoms with Crippen molar-refractivity contribution in [2.75, 3.05) is 17.2 Å². The Morgan fingerprint density at radius 2 is 1.82 bits per heavy atom. The molecule has 4 rings (SSSR count). The first-order valence-electron chi connectivity index (χ1n) is 10.5. The Morgan fingerprint density at radius 1 is 1.04 bits per heavy atom. The molecule has 0 amide bonds. The Bertz CT molecular complexity index is 896. The third-order valence-electron chi connectivity index (χ3n) is 5.53. The number of hydrogen-bond donors (Lipinski definition) is 2. The molecule has 0 atom stereocenters. The average Bonchev–Trinajstić information content (AvgIpc) is 3.16. The van der Waals surface area contributed by atoms with E-state index in [9.17, 15) is 0 Å². The molecule has 2 aromatic heterocycles. The van der Waals surface area contributed by atoms with Gasteiger partial charge in [-0.1, -0.05) is 63.4 Å². The first-order chi connectivity index (χ1) is 13.7. The molecule has 1 aliphatic carbocycles. The average molecular weight is 379 g/mol. The number of nitrogens with one attached hydrogen (secondary N) is 2. The standard InChI is InChI=1S/C22H30N6/c1-16(2)21-25-26-22-19(23-14-17-9-5-3-6-10-17)13-20(27-28(21)22)24-15-18-11-7-4-8-12-18/h3,5-6,9-10,13,16,18,23H,4,7-8,11-12,14-15H2,1-2H3,(H,24,27). The highest BCUT2D eigenvalue weighted by atomic mass is 15.4. The van der Waals surface area contributed by atoms with Gasteiger partial charge in [-0.2, -0.15) is 4.52 Å². The van der Waals surface area contributed by atoms with E-state index in [1.165, 1.54) is 37.7 Å². The number of nitrogens with zero attached hydrogens (tertiary/aromatic N) is 4. The fourth-order valence-corrected chi connectivity index (χ4v) is 3.91. The smallest absolute Gasteiger partial charge is 0.201 e. The van der Waals surface area contributed by atoms with Crippen molar-refractivity contribution in [2.24, 2.45) is 5.92 Å². The van der Waals surface area contributed by atoms with Gasteiger partial charge in [-0.3, -0.25) is 0 Å². The van der Waals surface area contributed by atoms with Gasteiger partial charge in [-0.15, -0.1) is 15.3 Å². The van der Waals surface area contributed by atoms with Crippen molar-refractivity contribution >= 4 is 17.2 Å². The zero-order chi connectivity index (χ0) is 19.3. The van der Waals surface area contributed by atoms with E-state index in [2.05, 4.69) is 65.0 Å². The maximum Gasteiger partial charge on any atom is 0.201 e. The van der Waals surface area contributed by atoms with E-state index in [0.29, 0.717) is 0 Å². The van der Waals surface area contributed by atoms with Gasteiger partial charge in [-0.05, 0) is 24.3 Å². The molecule has 0 radical (unpaired) electrons. The van der Waals surface area contributed by atoms with Crippen LogP contribution in [0.3, 0.4) is 0 Å². The lowest BCUT2D eigenvalue weighted by Gasteiger charge is -2.22. The van der Waals surface area contributed by atoms with Crippen molar-refractivity contribution in [3.63, 3.8) is 0 Å². The fraction of sp³-hybridized carbons (Fsp3) is 0.500. The van der Waals surface area contributed by atoms with E-state index in [0.717, 1.165) is 42.0 Å². The second-order valence-corrected chi connectivity index (χ2v) is 8.12. The second-order valence-electron chi connectivity index (χ2n) is 8.12. The number of hydrogen-bond acceptors (Lipinski definition) is 5. The van der Waals surface area contributed by atoms with Crippen molar-refractivity contribution in [3.8, 4) is 0 Å². The van der Waals surface area contributed by atoms with E-state index >= 15 is 0 Å². The van der Waals surface area contributed by atoms with Crippen LogP contribution in [0, 0.1) is 5.92 Å². The minimum Gasteiger partial charge on any atom is -0.378 e. The van der Waals surface area contributed by atoms with Crippen molar-refractivity contribution < 1.29 is 0 Å². The maximum atomic E-state index is 4.80. The minimum atomic E-state index is 0.262. The predicted molar refractivity (Wildman–Crippen MR) is 114 cm³/mol. The molecule has 28 heavy (non-hydrogen) atoms. The van der Waals surface area contributed by atoms with Gasteiger partial charge < -0.3 is 10.6 Å². The van der Waals surface area contributed by atoms with Crippen molar-refractivity contribution in [1.29, 1.82) is 0 Å². The van der Waals surface area contributed by atoms with Gasteiger partial charge in [0.25, 0.3) is 0 Å². The van der Waals surface area contributed by atoms with Crippen LogP contribution in [-0.4, -0.2) is 26.4 Å². The van der Waals surface area contributed by atoms with E-state index in [1.807, 2.05) is 10.6 Å². The summed E-state index contributed by atoms with van der Waals surface area (Å²) < 4.78 is 1.89. The molecule has 0 saturated heterocycles. The molecule has 2 N–H and O–H groups in total. The Labute approximate surface area is 166 Å². The highest BCUT2D eigenvalue weighted by Crippen LogP contribution is 2.26. The summed E-state index contributed by atoms with van der Waals surface area (Å²) in [5, 5.41) is 20.7. The van der Waals surface area contributed by atoms with Crippen molar-refractivity contribution in [3.05, 3.63) is 47.8 Å². The molecule has 2 heterocycles. The van der Waals surface area contributed by atoms with Crippen molar-refractivity contribution in [1.82, 2.24) is 19.8 Å². The summed E-state index contributed by atoms with van der Waals surface area (Å²) in [4.78, 5) is 0. The van der Waals surface area contributed by atoms with Crippen LogP contribution < -0.4 is 10.6 Å². The molecule has 0 aliphatic heterocycles. The Balaban J connectivity index is 1.58. The molecule has 0 spiro atoms. The van der Waals surface area contributed by atoms with Crippen LogP contribution >= 0.6 is 0 Å². The molecule has 1 aliphatic rings. The van der Waals surface area contributed by atoms with Gasteiger partial charge in [0.1, 0.15) is 5.82 Å². The molecule has 1 fully saturated rings. The number of anilines is 2. The molecule has 0 unspecified atom stereocenters. The Morgan fingerprint density at radius 3 is 2.57 bits per heavy atom. The molecule has 1 saturated carbocycles. The lowest BCUT2D eigenvalue weighted by atomic mass is 9.89. The third-order valence-corrected chi connectivity index (χ3v) is 5.53. The molecule has 6 nitrogen and oxygen atoms in total. The van der Waals surface area contributed by atoms with E-state index in [4.69, 9.17) is 5.10 Å². The zero-order valence-corrected chi connectivity index (χ0v) is 16.9. The summed E-state index contributed by atoms with van der Waals surface area (Å²) in [5.74, 6) is 2.78. The predicted octanol–water partition coefficient (Wildman–Crippen LogP) is 4.85. The van der Waals surface area contributed by atoms with Gasteiger partial charge >= 0.3 is 0 Å². The zero-order valence-electron chi connectivity index (χ0n) is 16.9. The van der Waals surface area contributed by atoms with Gasteiger partial charge in [-0.25, -0.2) is 0 Å². The van der Waals surface area contributed by atoms with Gasteiger partial charge in [0.05, 0.1) is 5.69 Å². The van der Waals surface area contributed by atoms with E-state index in [1.54, 1.807) is 0 Å². The summed E-state index contributed by atoms with van der Waals surface area (Å²) >= 11 is 0. The largest absolute Gasteiger partial charge is 0.378 e. The summed E-state index contributed by atoms with van der Waals surface area (Å²) in [5.41, 5.74) is 2.98. The highest BCUT2D eigenvalue weighted by Gasteiger charge is 2.17. The first kappa shape index (κ1) is 18.7. The molecule has 0 bridgehead atoms. The van der Waals surface area contributed by atoms with Gasteiger partial charge in [0.15, 0.2) is 5.82 Å². The summed E-state index contributed by atoms with van der Waals surface area (Å²) in [6.07, 6.45) is 6.72. The summed E-state index contributed by atoms with van der Waals surface area (Å²) in [6.45, 7) is 5.97. The normalized spacial score (nSPS) is 15.2. The van der Waals surface area contributed by atoms with Crippen LogP contribution in [0.5, 0.6) is 0 Å². The van der Waals surface area contributed by atoms with Gasteiger partial charge in [0.2, 0.25) is 5.65 Å². The summed E-state index contributed by atoms with van der Waals surface area (Å²) in [7, 11) is 0. The monoisotopic (exact) mass is 378 g/mol. The van der Waals surface area contributed by atoms with Crippen LogP contribution in [0.15, 0.2) is 36.4 Å². The number of rotatable bonds is 7. The Kier molecular flexibility index (Phi) is 5.74. The molecule has 3 aromatic rings. The molecular weight excluding hydrogens is 348 g/mol. The van der Waals surface area contributed by atoms with Crippen LogP contribution in [0.2, 0.25) is 0 Å².